The van der Waals surface area contributed by atoms with Gasteiger partial charge < -0.3 is 14.6 Å². The Hall–Kier alpha value is -4.02. The maximum absolute atomic E-state index is 12.7. The third kappa shape index (κ3) is 7.27. The van der Waals surface area contributed by atoms with Gasteiger partial charge in [0.1, 0.15) is 5.75 Å². The summed E-state index contributed by atoms with van der Waals surface area (Å²) in [5.74, 6) is 1.43. The minimum Gasteiger partial charge on any atom is -0.484 e. The Bertz CT molecular complexity index is 1450. The monoisotopic (exact) mass is 534 g/mol. The van der Waals surface area contributed by atoms with Crippen LogP contribution in [0, 0.1) is 0 Å². The smallest absolute Gasteiger partial charge is 0.262 e. The highest BCUT2D eigenvalue weighted by Gasteiger charge is 2.18. The summed E-state index contributed by atoms with van der Waals surface area (Å²) in [5.41, 5.74) is 2.47. The maximum Gasteiger partial charge on any atom is 0.262 e. The van der Waals surface area contributed by atoms with Crippen LogP contribution in [0.15, 0.2) is 88.3 Å². The Balaban J connectivity index is 1.26. The van der Waals surface area contributed by atoms with E-state index in [9.17, 15) is 13.2 Å². The number of hydrogen-bond acceptors (Lipinski definition) is 7. The summed E-state index contributed by atoms with van der Waals surface area (Å²) in [6.45, 7) is 5.54. The highest BCUT2D eigenvalue weighted by molar-refractivity contribution is 7.89. The van der Waals surface area contributed by atoms with Crippen LogP contribution < -0.4 is 14.8 Å². The van der Waals surface area contributed by atoms with Gasteiger partial charge in [0, 0.05) is 24.1 Å². The molecule has 38 heavy (non-hydrogen) atoms. The number of benzene rings is 3. The lowest BCUT2D eigenvalue weighted by Gasteiger charge is -2.15. The quantitative estimate of drug-likeness (QED) is 0.282. The molecule has 4 aromatic rings. The van der Waals surface area contributed by atoms with E-state index in [1.54, 1.807) is 19.1 Å². The summed E-state index contributed by atoms with van der Waals surface area (Å²) >= 11 is 0. The first-order valence-electron chi connectivity index (χ1n) is 12.2. The Morgan fingerprint density at radius 1 is 0.947 bits per heavy atom. The average Bonchev–Trinajstić information content (AvgIpc) is 3.38. The molecule has 4 rings (SSSR count). The molecule has 0 fully saturated rings. The van der Waals surface area contributed by atoms with Crippen LogP contribution in [0.5, 0.6) is 5.75 Å². The molecule has 0 aliphatic carbocycles. The molecule has 1 unspecified atom stereocenters. The van der Waals surface area contributed by atoms with E-state index in [2.05, 4.69) is 20.2 Å². The van der Waals surface area contributed by atoms with Crippen LogP contribution in [0.3, 0.4) is 0 Å². The van der Waals surface area contributed by atoms with Crippen molar-refractivity contribution in [2.24, 2.45) is 0 Å². The molecule has 2 N–H and O–H groups in total. The van der Waals surface area contributed by atoms with Crippen LogP contribution in [0.2, 0.25) is 0 Å². The van der Waals surface area contributed by atoms with E-state index >= 15 is 0 Å². The number of anilines is 1. The van der Waals surface area contributed by atoms with E-state index in [1.807, 2.05) is 56.3 Å². The van der Waals surface area contributed by atoms with Crippen molar-refractivity contribution >= 4 is 21.6 Å². The summed E-state index contributed by atoms with van der Waals surface area (Å²) in [7, 11) is -3.72. The fourth-order valence-electron chi connectivity index (χ4n) is 3.63. The van der Waals surface area contributed by atoms with Gasteiger partial charge >= 0.3 is 0 Å². The number of nitrogens with one attached hydrogen (secondary N) is 2. The minimum atomic E-state index is -3.72. The molecule has 1 amide bonds. The number of nitrogens with zero attached hydrogens (tertiary/aromatic N) is 2. The number of ether oxygens (including phenoxy) is 1. The van der Waals surface area contributed by atoms with E-state index < -0.39 is 10.0 Å². The fourth-order valence-corrected chi connectivity index (χ4v) is 4.87. The second-order valence-electron chi connectivity index (χ2n) is 9.14. The first kappa shape index (κ1) is 27.0. The standard InChI is InChI=1S/C28H30N4O5S/c1-19(2)28-30-26(31-37-28)17-21-9-11-23(12-10-21)29-27(33)18-36-24-13-15-25(16-14-24)38(34,35)32-20(3)22-7-5-4-6-8-22/h4-16,19-20,32H,17-18H2,1-3H3,(H,29,33). The van der Waals surface area contributed by atoms with Crippen molar-refractivity contribution in [1.82, 2.24) is 14.9 Å². The zero-order valence-corrected chi connectivity index (χ0v) is 22.2. The molecule has 3 aromatic carbocycles. The zero-order chi connectivity index (χ0) is 27.1. The molecule has 0 spiro atoms. The summed E-state index contributed by atoms with van der Waals surface area (Å²) in [5, 5.41) is 6.77. The fraction of sp³-hybridized carbons (Fsp3) is 0.250. The molecule has 0 aliphatic heterocycles. The molecular formula is C28H30N4O5S. The zero-order valence-electron chi connectivity index (χ0n) is 21.4. The van der Waals surface area contributed by atoms with Gasteiger partial charge in [-0.1, -0.05) is 61.5 Å². The van der Waals surface area contributed by atoms with Gasteiger partial charge in [-0.25, -0.2) is 13.1 Å². The molecule has 0 bridgehead atoms. The predicted molar refractivity (Wildman–Crippen MR) is 143 cm³/mol. The highest BCUT2D eigenvalue weighted by atomic mass is 32.2. The highest BCUT2D eigenvalue weighted by Crippen LogP contribution is 2.20. The van der Waals surface area contributed by atoms with E-state index in [-0.39, 0.29) is 29.4 Å². The topological polar surface area (TPSA) is 123 Å². The van der Waals surface area contributed by atoms with Gasteiger partial charge in [0.05, 0.1) is 4.90 Å². The van der Waals surface area contributed by atoms with Crippen molar-refractivity contribution in [3.63, 3.8) is 0 Å². The second-order valence-corrected chi connectivity index (χ2v) is 10.9. The molecule has 198 valence electrons. The van der Waals surface area contributed by atoms with Crippen molar-refractivity contribution in [2.45, 2.75) is 44.0 Å². The van der Waals surface area contributed by atoms with E-state index in [4.69, 9.17) is 9.26 Å². The molecular weight excluding hydrogens is 504 g/mol. The number of hydrogen-bond donors (Lipinski definition) is 2. The van der Waals surface area contributed by atoms with E-state index in [0.29, 0.717) is 29.6 Å². The lowest BCUT2D eigenvalue weighted by molar-refractivity contribution is -0.118. The van der Waals surface area contributed by atoms with Crippen molar-refractivity contribution in [3.8, 4) is 5.75 Å². The van der Waals surface area contributed by atoms with Gasteiger partial charge in [-0.05, 0) is 54.4 Å². The van der Waals surface area contributed by atoms with Gasteiger partial charge in [-0.2, -0.15) is 4.98 Å². The van der Waals surface area contributed by atoms with Crippen LogP contribution in [0.4, 0.5) is 5.69 Å². The Morgan fingerprint density at radius 3 is 2.26 bits per heavy atom. The van der Waals surface area contributed by atoms with Gasteiger partial charge in [0.2, 0.25) is 15.9 Å². The van der Waals surface area contributed by atoms with Crippen molar-refractivity contribution in [2.75, 3.05) is 11.9 Å². The lowest BCUT2D eigenvalue weighted by atomic mass is 10.1. The van der Waals surface area contributed by atoms with Crippen molar-refractivity contribution < 1.29 is 22.5 Å². The molecule has 0 saturated heterocycles. The third-order valence-corrected chi connectivity index (χ3v) is 7.27. The number of carbonyl (C=O) groups is 1. The molecule has 1 heterocycles. The Labute approximate surface area is 222 Å². The molecule has 10 heteroatoms. The van der Waals surface area contributed by atoms with E-state index in [0.717, 1.165) is 11.1 Å². The number of aromatic nitrogens is 2. The normalized spacial score (nSPS) is 12.3. The maximum atomic E-state index is 12.7. The second kappa shape index (κ2) is 12.0. The molecule has 0 radical (unpaired) electrons. The molecule has 0 saturated carbocycles. The predicted octanol–water partition coefficient (Wildman–Crippen LogP) is 4.84. The van der Waals surface area contributed by atoms with Gasteiger partial charge in [0.25, 0.3) is 5.91 Å². The van der Waals surface area contributed by atoms with Gasteiger partial charge in [0.15, 0.2) is 12.4 Å². The largest absolute Gasteiger partial charge is 0.484 e. The van der Waals surface area contributed by atoms with Crippen LogP contribution in [-0.4, -0.2) is 31.1 Å². The Morgan fingerprint density at radius 2 is 1.63 bits per heavy atom. The average molecular weight is 535 g/mol. The number of rotatable bonds is 11. The van der Waals surface area contributed by atoms with Crippen LogP contribution in [0.25, 0.3) is 0 Å². The molecule has 9 nitrogen and oxygen atoms in total. The van der Waals surface area contributed by atoms with E-state index in [1.165, 1.54) is 24.3 Å². The molecule has 0 aliphatic rings. The molecule has 1 aromatic heterocycles. The summed E-state index contributed by atoms with van der Waals surface area (Å²) < 4.78 is 38.9. The number of amides is 1. The first-order valence-corrected chi connectivity index (χ1v) is 13.7. The van der Waals surface area contributed by atoms with Gasteiger partial charge in [-0.3, -0.25) is 4.79 Å². The van der Waals surface area contributed by atoms with Crippen molar-refractivity contribution in [3.05, 3.63) is 102 Å². The lowest BCUT2D eigenvalue weighted by Crippen LogP contribution is -2.26. The SMILES string of the molecule is CC(C)c1nc(Cc2ccc(NC(=O)COc3ccc(S(=O)(=O)NC(C)c4ccccc4)cc3)cc2)no1. The van der Waals surface area contributed by atoms with Crippen LogP contribution in [-0.2, 0) is 21.2 Å². The third-order valence-electron chi connectivity index (χ3n) is 5.71. The van der Waals surface area contributed by atoms with Gasteiger partial charge in [-0.15, -0.1) is 0 Å². The first-order chi connectivity index (χ1) is 18.2. The summed E-state index contributed by atoms with van der Waals surface area (Å²) in [6, 6.07) is 22.2. The van der Waals surface area contributed by atoms with Crippen LogP contribution in [0.1, 0.15) is 55.6 Å². The summed E-state index contributed by atoms with van der Waals surface area (Å²) in [4.78, 5) is 16.8. The molecule has 1 atom stereocenters. The minimum absolute atomic E-state index is 0.110. The Kier molecular flexibility index (Phi) is 8.55. The number of carbonyl (C=O) groups excluding carboxylic acids is 1. The van der Waals surface area contributed by atoms with Crippen LogP contribution >= 0.6 is 0 Å². The van der Waals surface area contributed by atoms with Crippen molar-refractivity contribution in [1.29, 1.82) is 0 Å². The summed E-state index contributed by atoms with van der Waals surface area (Å²) in [6.07, 6.45) is 0.528. The number of sulfonamides is 1.